The van der Waals surface area contributed by atoms with Crippen LogP contribution in [0.25, 0.3) is 0 Å². The Labute approximate surface area is 137 Å². The molecule has 0 aromatic carbocycles. The van der Waals surface area contributed by atoms with Gasteiger partial charge in [0.1, 0.15) is 11.8 Å². The molecule has 6 nitrogen and oxygen atoms in total. The van der Waals surface area contributed by atoms with Crippen LogP contribution in [0.4, 0.5) is 0 Å². The molecule has 0 aliphatic heterocycles. The van der Waals surface area contributed by atoms with Crippen LogP contribution < -0.4 is 10.6 Å². The van der Waals surface area contributed by atoms with Crippen LogP contribution in [0.5, 0.6) is 0 Å². The van der Waals surface area contributed by atoms with E-state index in [1.54, 1.807) is 6.26 Å². The first kappa shape index (κ1) is 17.5. The van der Waals surface area contributed by atoms with Gasteiger partial charge in [0, 0.05) is 13.5 Å². The highest BCUT2D eigenvalue weighted by molar-refractivity contribution is 5.87. The monoisotopic (exact) mass is 321 g/mol. The molecule has 2 N–H and O–H groups in total. The van der Waals surface area contributed by atoms with Crippen LogP contribution in [0.1, 0.15) is 44.4 Å². The lowest BCUT2D eigenvalue weighted by Crippen LogP contribution is -2.51. The summed E-state index contributed by atoms with van der Waals surface area (Å²) < 4.78 is 5.45. The van der Waals surface area contributed by atoms with Gasteiger partial charge in [-0.25, -0.2) is 0 Å². The quantitative estimate of drug-likeness (QED) is 0.801. The highest BCUT2D eigenvalue weighted by atomic mass is 16.3. The summed E-state index contributed by atoms with van der Waals surface area (Å²) in [4.78, 5) is 26.0. The highest BCUT2D eigenvalue weighted by Crippen LogP contribution is 2.28. The zero-order chi connectivity index (χ0) is 16.8. The van der Waals surface area contributed by atoms with Crippen molar-refractivity contribution in [2.45, 2.75) is 44.7 Å². The number of carbonyl (C=O) groups excluding carboxylic acids is 2. The van der Waals surface area contributed by atoms with Gasteiger partial charge in [-0.2, -0.15) is 0 Å². The molecule has 0 bridgehead atoms. The average molecular weight is 321 g/mol. The summed E-state index contributed by atoms with van der Waals surface area (Å²) in [6, 6.07) is 3.27. The van der Waals surface area contributed by atoms with Crippen molar-refractivity contribution >= 4 is 11.8 Å². The van der Waals surface area contributed by atoms with Gasteiger partial charge in [0.15, 0.2) is 0 Å². The van der Waals surface area contributed by atoms with E-state index in [2.05, 4.69) is 10.6 Å². The maximum absolute atomic E-state index is 12.6. The van der Waals surface area contributed by atoms with Crippen LogP contribution in [0, 0.1) is 5.92 Å². The molecule has 1 aliphatic rings. The molecule has 0 radical (unpaired) electrons. The third kappa shape index (κ3) is 4.82. The normalized spacial score (nSPS) is 17.9. The lowest BCUT2D eigenvalue weighted by atomic mass is 9.97. The third-order valence-corrected chi connectivity index (χ3v) is 4.48. The van der Waals surface area contributed by atoms with Crippen molar-refractivity contribution in [2.24, 2.45) is 5.92 Å². The summed E-state index contributed by atoms with van der Waals surface area (Å²) in [5, 5.41) is 5.80. The number of furan rings is 1. The molecular formula is C17H27N3O3. The summed E-state index contributed by atoms with van der Waals surface area (Å²) in [6.45, 7) is 1.91. The summed E-state index contributed by atoms with van der Waals surface area (Å²) in [7, 11) is 3.89. The summed E-state index contributed by atoms with van der Waals surface area (Å²) in [5.41, 5.74) is 0. The first-order chi connectivity index (χ1) is 11.0. The number of likely N-dealkylation sites (N-methyl/N-ethyl adjacent to an activating group) is 1. The number of nitrogens with one attached hydrogen (secondary N) is 2. The Morgan fingerprint density at radius 3 is 2.57 bits per heavy atom. The van der Waals surface area contributed by atoms with E-state index >= 15 is 0 Å². The van der Waals surface area contributed by atoms with Gasteiger partial charge in [-0.15, -0.1) is 0 Å². The van der Waals surface area contributed by atoms with Gasteiger partial charge in [0.2, 0.25) is 11.8 Å². The van der Waals surface area contributed by atoms with Crippen LogP contribution in [0.3, 0.4) is 0 Å². The third-order valence-electron chi connectivity index (χ3n) is 4.48. The van der Waals surface area contributed by atoms with E-state index in [9.17, 15) is 9.59 Å². The highest BCUT2D eigenvalue weighted by Gasteiger charge is 2.31. The van der Waals surface area contributed by atoms with Crippen molar-refractivity contribution < 1.29 is 14.0 Å². The van der Waals surface area contributed by atoms with Crippen molar-refractivity contribution in [1.29, 1.82) is 0 Å². The Bertz CT molecular complexity index is 507. The van der Waals surface area contributed by atoms with Crippen LogP contribution in [-0.2, 0) is 9.59 Å². The summed E-state index contributed by atoms with van der Waals surface area (Å²) >= 11 is 0. The van der Waals surface area contributed by atoms with Gasteiger partial charge in [-0.1, -0.05) is 12.8 Å². The van der Waals surface area contributed by atoms with E-state index in [-0.39, 0.29) is 23.8 Å². The molecule has 1 saturated carbocycles. The number of hydrogen-bond acceptors (Lipinski definition) is 4. The molecule has 1 aliphatic carbocycles. The maximum atomic E-state index is 12.6. The van der Waals surface area contributed by atoms with Crippen LogP contribution >= 0.6 is 0 Å². The molecule has 1 aromatic rings. The maximum Gasteiger partial charge on any atom is 0.242 e. The smallest absolute Gasteiger partial charge is 0.242 e. The molecule has 2 atom stereocenters. The predicted octanol–water partition coefficient (Wildman–Crippen LogP) is 1.69. The second-order valence-electron chi connectivity index (χ2n) is 6.46. The van der Waals surface area contributed by atoms with E-state index in [1.807, 2.05) is 31.1 Å². The number of nitrogens with zero attached hydrogens (tertiary/aromatic N) is 1. The van der Waals surface area contributed by atoms with Gasteiger partial charge >= 0.3 is 0 Å². The van der Waals surface area contributed by atoms with E-state index in [4.69, 9.17) is 4.42 Å². The molecule has 2 amide bonds. The van der Waals surface area contributed by atoms with Crippen LogP contribution in [0.2, 0.25) is 0 Å². The molecule has 0 saturated heterocycles. The minimum atomic E-state index is -0.436. The molecule has 1 aromatic heterocycles. The van der Waals surface area contributed by atoms with Crippen LogP contribution in [0.15, 0.2) is 22.8 Å². The first-order valence-electron chi connectivity index (χ1n) is 8.23. The van der Waals surface area contributed by atoms with Crippen molar-refractivity contribution in [3.05, 3.63) is 24.2 Å². The van der Waals surface area contributed by atoms with Gasteiger partial charge in [0.25, 0.3) is 0 Å². The Morgan fingerprint density at radius 2 is 2.04 bits per heavy atom. The number of rotatable bonds is 7. The fourth-order valence-electron chi connectivity index (χ4n) is 3.23. The molecule has 2 unspecified atom stereocenters. The fourth-order valence-corrected chi connectivity index (χ4v) is 3.23. The molecule has 0 spiro atoms. The van der Waals surface area contributed by atoms with Crippen molar-refractivity contribution in [3.8, 4) is 0 Å². The van der Waals surface area contributed by atoms with E-state index in [1.165, 1.54) is 6.92 Å². The number of carbonyl (C=O) groups is 2. The Balaban J connectivity index is 1.98. The predicted molar refractivity (Wildman–Crippen MR) is 87.7 cm³/mol. The second kappa shape index (κ2) is 8.15. The van der Waals surface area contributed by atoms with Gasteiger partial charge in [-0.3, -0.25) is 14.5 Å². The minimum absolute atomic E-state index is 0.0319. The standard InChI is InChI=1S/C17H27N3O3/c1-12(21)19-16(13-7-4-5-8-13)17(22)18-11-14(20(2)3)15-9-6-10-23-15/h6,9-10,13-14,16H,4-5,7-8,11H2,1-3H3,(H,18,22)(H,19,21). The summed E-state index contributed by atoms with van der Waals surface area (Å²) in [6.07, 6.45) is 5.87. The Morgan fingerprint density at radius 1 is 1.35 bits per heavy atom. The number of amides is 2. The SMILES string of the molecule is CC(=O)NC(C(=O)NCC(c1ccco1)N(C)C)C1CCCC1. The molecule has 2 rings (SSSR count). The zero-order valence-electron chi connectivity index (χ0n) is 14.2. The molecule has 6 heteroatoms. The topological polar surface area (TPSA) is 74.6 Å². The molecule has 1 heterocycles. The van der Waals surface area contributed by atoms with Crippen molar-refractivity contribution in [1.82, 2.24) is 15.5 Å². The molecular weight excluding hydrogens is 294 g/mol. The Kier molecular flexibility index (Phi) is 6.21. The molecule has 23 heavy (non-hydrogen) atoms. The average Bonchev–Trinajstić information content (AvgIpc) is 3.17. The van der Waals surface area contributed by atoms with E-state index < -0.39 is 6.04 Å². The van der Waals surface area contributed by atoms with Gasteiger partial charge < -0.3 is 15.1 Å². The van der Waals surface area contributed by atoms with Crippen LogP contribution in [-0.4, -0.2) is 43.4 Å². The van der Waals surface area contributed by atoms with Gasteiger partial charge in [-0.05, 0) is 45.0 Å². The Hall–Kier alpha value is -1.82. The largest absolute Gasteiger partial charge is 0.468 e. The second-order valence-corrected chi connectivity index (χ2v) is 6.46. The fraction of sp³-hybridized carbons (Fsp3) is 0.647. The number of hydrogen-bond donors (Lipinski definition) is 2. The van der Waals surface area contributed by atoms with Crippen molar-refractivity contribution in [3.63, 3.8) is 0 Å². The van der Waals surface area contributed by atoms with E-state index in [0.29, 0.717) is 6.54 Å². The lowest BCUT2D eigenvalue weighted by Gasteiger charge is -2.26. The summed E-state index contributed by atoms with van der Waals surface area (Å²) in [5.74, 6) is 0.783. The lowest BCUT2D eigenvalue weighted by molar-refractivity contribution is -0.129. The van der Waals surface area contributed by atoms with Crippen molar-refractivity contribution in [2.75, 3.05) is 20.6 Å². The van der Waals surface area contributed by atoms with E-state index in [0.717, 1.165) is 31.4 Å². The first-order valence-corrected chi connectivity index (χ1v) is 8.23. The molecule has 128 valence electrons. The molecule has 1 fully saturated rings. The zero-order valence-corrected chi connectivity index (χ0v) is 14.2. The van der Waals surface area contributed by atoms with Gasteiger partial charge in [0.05, 0.1) is 12.3 Å². The minimum Gasteiger partial charge on any atom is -0.468 e.